The van der Waals surface area contributed by atoms with E-state index in [4.69, 9.17) is 0 Å². The Kier molecular flexibility index (Phi) is 4.93. The van der Waals surface area contributed by atoms with Gasteiger partial charge in [0, 0.05) is 6.20 Å². The minimum atomic E-state index is -3.58. The summed E-state index contributed by atoms with van der Waals surface area (Å²) in [6.45, 7) is 2.69. The van der Waals surface area contributed by atoms with Crippen molar-refractivity contribution in [2.75, 3.05) is 18.3 Å². The van der Waals surface area contributed by atoms with Crippen molar-refractivity contribution in [2.24, 2.45) is 0 Å². The van der Waals surface area contributed by atoms with Crippen LogP contribution in [0.5, 0.6) is 0 Å². The zero-order valence-electron chi connectivity index (χ0n) is 12.1. The van der Waals surface area contributed by atoms with Crippen molar-refractivity contribution in [2.45, 2.75) is 18.2 Å². The molecule has 0 saturated carbocycles. The molecule has 5 nitrogen and oxygen atoms in total. The number of nitrogens with one attached hydrogen (secondary N) is 2. The van der Waals surface area contributed by atoms with E-state index in [0.29, 0.717) is 5.69 Å². The molecule has 1 heterocycles. The number of aryl methyl sites for hydroxylation is 1. The van der Waals surface area contributed by atoms with E-state index < -0.39 is 10.0 Å². The van der Waals surface area contributed by atoms with Crippen LogP contribution in [-0.4, -0.2) is 27.0 Å². The Balaban J connectivity index is 2.18. The highest BCUT2D eigenvalue weighted by Crippen LogP contribution is 2.18. The lowest BCUT2D eigenvalue weighted by Crippen LogP contribution is -2.14. The monoisotopic (exact) mass is 305 g/mol. The van der Waals surface area contributed by atoms with Crippen molar-refractivity contribution >= 4 is 15.7 Å². The lowest BCUT2D eigenvalue weighted by molar-refractivity contribution is 0.601. The minimum absolute atomic E-state index is 0.249. The van der Waals surface area contributed by atoms with Crippen LogP contribution in [0.2, 0.25) is 0 Å². The molecule has 0 bridgehead atoms. The first-order chi connectivity index (χ1) is 10.0. The second kappa shape index (κ2) is 6.69. The van der Waals surface area contributed by atoms with E-state index in [9.17, 15) is 8.42 Å². The predicted octanol–water partition coefficient (Wildman–Crippen LogP) is 1.95. The van der Waals surface area contributed by atoms with Gasteiger partial charge >= 0.3 is 0 Å². The molecule has 0 aliphatic carbocycles. The number of hydrogen-bond acceptors (Lipinski definition) is 4. The Hall–Kier alpha value is -1.92. The molecule has 2 N–H and O–H groups in total. The standard InChI is InChI=1S/C15H19N3O2S/c1-12-7-10-17-11-15(12)18-21(19,20)14-5-3-13(4-6-14)8-9-16-2/h3-7,10-11,16,18H,8-9H2,1-2H3. The Morgan fingerprint density at radius 3 is 2.48 bits per heavy atom. The number of nitrogens with zero attached hydrogens (tertiary/aromatic N) is 1. The number of pyridine rings is 1. The van der Waals surface area contributed by atoms with Crippen LogP contribution < -0.4 is 10.0 Å². The molecule has 1 aromatic heterocycles. The zero-order chi connectivity index (χ0) is 15.3. The summed E-state index contributed by atoms with van der Waals surface area (Å²) < 4.78 is 27.2. The van der Waals surface area contributed by atoms with Crippen LogP contribution >= 0.6 is 0 Å². The highest BCUT2D eigenvalue weighted by molar-refractivity contribution is 7.92. The van der Waals surface area contributed by atoms with Gasteiger partial charge < -0.3 is 5.32 Å². The fraction of sp³-hybridized carbons (Fsp3) is 0.267. The average molecular weight is 305 g/mol. The van der Waals surface area contributed by atoms with Gasteiger partial charge in [0.2, 0.25) is 0 Å². The zero-order valence-corrected chi connectivity index (χ0v) is 12.9. The highest BCUT2D eigenvalue weighted by atomic mass is 32.2. The van der Waals surface area contributed by atoms with Crippen molar-refractivity contribution in [3.63, 3.8) is 0 Å². The molecule has 6 heteroatoms. The summed E-state index contributed by atoms with van der Waals surface area (Å²) in [6.07, 6.45) is 4.00. The summed E-state index contributed by atoms with van der Waals surface area (Å²) in [6, 6.07) is 8.68. The molecule has 0 atom stereocenters. The van der Waals surface area contributed by atoms with Crippen molar-refractivity contribution < 1.29 is 8.42 Å². The van der Waals surface area contributed by atoms with E-state index in [1.165, 1.54) is 6.20 Å². The third-order valence-electron chi connectivity index (χ3n) is 3.18. The van der Waals surface area contributed by atoms with Crippen LogP contribution in [0.4, 0.5) is 5.69 Å². The van der Waals surface area contributed by atoms with Crippen molar-refractivity contribution in [1.82, 2.24) is 10.3 Å². The Morgan fingerprint density at radius 1 is 1.14 bits per heavy atom. The maximum atomic E-state index is 12.3. The summed E-state index contributed by atoms with van der Waals surface area (Å²) in [5.41, 5.74) is 2.43. The molecule has 0 amide bonds. The highest BCUT2D eigenvalue weighted by Gasteiger charge is 2.15. The quantitative estimate of drug-likeness (QED) is 0.856. The molecule has 0 spiro atoms. The Bertz CT molecular complexity index is 697. The van der Waals surface area contributed by atoms with E-state index in [1.807, 2.05) is 26.1 Å². The second-order valence-electron chi connectivity index (χ2n) is 4.79. The predicted molar refractivity (Wildman–Crippen MR) is 83.9 cm³/mol. The first-order valence-electron chi connectivity index (χ1n) is 6.70. The van der Waals surface area contributed by atoms with Crippen LogP contribution in [0.25, 0.3) is 0 Å². The van der Waals surface area contributed by atoms with Gasteiger partial charge in [-0.05, 0) is 56.3 Å². The third-order valence-corrected chi connectivity index (χ3v) is 4.56. The number of likely N-dealkylation sites (N-methyl/N-ethyl adjacent to an activating group) is 1. The van der Waals surface area contributed by atoms with E-state index in [1.54, 1.807) is 24.4 Å². The fourth-order valence-corrected chi connectivity index (χ4v) is 2.99. The number of aromatic nitrogens is 1. The van der Waals surface area contributed by atoms with Gasteiger partial charge in [0.05, 0.1) is 16.8 Å². The lowest BCUT2D eigenvalue weighted by Gasteiger charge is -2.10. The second-order valence-corrected chi connectivity index (χ2v) is 6.48. The molecular formula is C15H19N3O2S. The topological polar surface area (TPSA) is 71.1 Å². The maximum Gasteiger partial charge on any atom is 0.261 e. The lowest BCUT2D eigenvalue weighted by atomic mass is 10.1. The van der Waals surface area contributed by atoms with E-state index in [0.717, 1.165) is 24.1 Å². The molecule has 112 valence electrons. The molecule has 0 saturated heterocycles. The molecule has 2 rings (SSSR count). The van der Waals surface area contributed by atoms with Crippen LogP contribution in [0.1, 0.15) is 11.1 Å². The van der Waals surface area contributed by atoms with Crippen molar-refractivity contribution in [3.8, 4) is 0 Å². The van der Waals surface area contributed by atoms with Gasteiger partial charge in [-0.2, -0.15) is 0 Å². The van der Waals surface area contributed by atoms with Crippen LogP contribution in [0.3, 0.4) is 0 Å². The van der Waals surface area contributed by atoms with Gasteiger partial charge in [-0.25, -0.2) is 8.42 Å². The first kappa shape index (κ1) is 15.5. The fourth-order valence-electron chi connectivity index (χ4n) is 1.88. The van der Waals surface area contributed by atoms with E-state index >= 15 is 0 Å². The van der Waals surface area contributed by atoms with Gasteiger partial charge in [0.25, 0.3) is 10.0 Å². The van der Waals surface area contributed by atoms with Gasteiger partial charge in [-0.3, -0.25) is 9.71 Å². The molecule has 2 aromatic rings. The molecule has 21 heavy (non-hydrogen) atoms. The van der Waals surface area contributed by atoms with Crippen molar-refractivity contribution in [1.29, 1.82) is 0 Å². The Morgan fingerprint density at radius 2 is 1.86 bits per heavy atom. The molecular weight excluding hydrogens is 286 g/mol. The number of rotatable bonds is 6. The minimum Gasteiger partial charge on any atom is -0.319 e. The molecule has 0 aliphatic heterocycles. The van der Waals surface area contributed by atoms with Gasteiger partial charge in [-0.15, -0.1) is 0 Å². The molecule has 1 aromatic carbocycles. The summed E-state index contributed by atoms with van der Waals surface area (Å²) in [5.74, 6) is 0. The summed E-state index contributed by atoms with van der Waals surface area (Å²) >= 11 is 0. The largest absolute Gasteiger partial charge is 0.319 e. The summed E-state index contributed by atoms with van der Waals surface area (Å²) in [4.78, 5) is 4.19. The number of anilines is 1. The SMILES string of the molecule is CNCCc1ccc(S(=O)(=O)Nc2cnccc2C)cc1. The van der Waals surface area contributed by atoms with Gasteiger partial charge in [0.15, 0.2) is 0 Å². The molecule has 0 aliphatic rings. The summed E-state index contributed by atoms with van der Waals surface area (Å²) in [7, 11) is -1.69. The van der Waals surface area contributed by atoms with Crippen LogP contribution in [0, 0.1) is 6.92 Å². The Labute approximate surface area is 125 Å². The molecule has 0 fully saturated rings. The number of hydrogen-bond donors (Lipinski definition) is 2. The normalized spacial score (nSPS) is 11.3. The molecule has 0 unspecified atom stereocenters. The van der Waals surface area contributed by atoms with Crippen molar-refractivity contribution in [3.05, 3.63) is 53.9 Å². The van der Waals surface area contributed by atoms with Gasteiger partial charge in [-0.1, -0.05) is 12.1 Å². The summed E-state index contributed by atoms with van der Waals surface area (Å²) in [5, 5.41) is 3.06. The van der Waals surface area contributed by atoms with Crippen LogP contribution in [0.15, 0.2) is 47.6 Å². The van der Waals surface area contributed by atoms with Gasteiger partial charge in [0.1, 0.15) is 0 Å². The van der Waals surface area contributed by atoms with E-state index in [-0.39, 0.29) is 4.90 Å². The number of sulfonamides is 1. The average Bonchev–Trinajstić information content (AvgIpc) is 2.48. The number of benzene rings is 1. The smallest absolute Gasteiger partial charge is 0.261 e. The maximum absolute atomic E-state index is 12.3. The van der Waals surface area contributed by atoms with Crippen LogP contribution in [-0.2, 0) is 16.4 Å². The van der Waals surface area contributed by atoms with E-state index in [2.05, 4.69) is 15.0 Å². The first-order valence-corrected chi connectivity index (χ1v) is 8.18. The molecule has 0 radical (unpaired) electrons. The third kappa shape index (κ3) is 4.03.